The Morgan fingerprint density at radius 2 is 1.08 bits per heavy atom. The highest BCUT2D eigenvalue weighted by Crippen LogP contribution is 2.21. The van der Waals surface area contributed by atoms with Gasteiger partial charge in [-0.25, -0.2) is 9.59 Å². The third-order valence-corrected chi connectivity index (χ3v) is 2.90. The Balaban J connectivity index is 0.000000260. The summed E-state index contributed by atoms with van der Waals surface area (Å²) in [6.07, 6.45) is 0. The summed E-state index contributed by atoms with van der Waals surface area (Å²) < 4.78 is 0. The van der Waals surface area contributed by atoms with Crippen LogP contribution in [0, 0.1) is 20.2 Å². The number of hydrogen-bond acceptors (Lipinski definition) is 8. The summed E-state index contributed by atoms with van der Waals surface area (Å²) in [5.41, 5.74) is 9.22. The Hall–Kier alpha value is -4.22. The summed E-state index contributed by atoms with van der Waals surface area (Å²) in [4.78, 5) is 40.2. The normalized spacial score (nSPS) is 9.54. The first-order valence-electron chi connectivity index (χ1n) is 6.59. The van der Waals surface area contributed by atoms with Gasteiger partial charge in [0.1, 0.15) is 11.1 Å². The Morgan fingerprint density at radius 1 is 0.769 bits per heavy atom. The molecule has 0 amide bonds. The Bertz CT molecular complexity index is 823. The Kier molecular flexibility index (Phi) is 6.14. The smallest absolute Gasteiger partial charge is 0.342 e. The number of nitrogens with zero attached hydrogens (tertiary/aromatic N) is 2. The molecule has 0 aliphatic carbocycles. The molecule has 0 aliphatic heterocycles. The monoisotopic (exact) mass is 364 g/mol. The van der Waals surface area contributed by atoms with E-state index in [0.717, 1.165) is 24.3 Å². The SMILES string of the molecule is Nc1ccc([N+](=O)[O-])c(C(=O)O)c1.Nc1ccc([N+](=O)[O-])c(C(=O)O)c1. The zero-order valence-corrected chi connectivity index (χ0v) is 12.9. The van der Waals surface area contributed by atoms with Gasteiger partial charge in [0, 0.05) is 23.5 Å². The van der Waals surface area contributed by atoms with Crippen molar-refractivity contribution in [2.45, 2.75) is 0 Å². The molecule has 12 nitrogen and oxygen atoms in total. The number of benzene rings is 2. The standard InChI is InChI=1S/2C7H6N2O4/c2*8-4-1-2-6(9(12)13)5(3-4)7(10)11/h2*1-3H,8H2,(H,10,11). The van der Waals surface area contributed by atoms with Crippen LogP contribution in [0.3, 0.4) is 0 Å². The van der Waals surface area contributed by atoms with Crippen molar-refractivity contribution in [2.75, 3.05) is 11.5 Å². The molecule has 2 rings (SSSR count). The molecule has 12 heteroatoms. The highest BCUT2D eigenvalue weighted by atomic mass is 16.6. The zero-order valence-electron chi connectivity index (χ0n) is 12.9. The van der Waals surface area contributed by atoms with E-state index in [1.807, 2.05) is 0 Å². The molecule has 2 aromatic rings. The van der Waals surface area contributed by atoms with Crippen LogP contribution in [0.25, 0.3) is 0 Å². The molecule has 0 aliphatic rings. The van der Waals surface area contributed by atoms with Crippen LogP contribution in [0.5, 0.6) is 0 Å². The minimum Gasteiger partial charge on any atom is -0.477 e. The molecular weight excluding hydrogens is 352 g/mol. The zero-order chi connectivity index (χ0) is 20.0. The molecule has 0 saturated carbocycles. The van der Waals surface area contributed by atoms with Crippen molar-refractivity contribution in [2.24, 2.45) is 0 Å². The maximum absolute atomic E-state index is 10.5. The summed E-state index contributed by atoms with van der Waals surface area (Å²) in [7, 11) is 0. The van der Waals surface area contributed by atoms with E-state index in [2.05, 4.69) is 0 Å². The van der Waals surface area contributed by atoms with Gasteiger partial charge in [0.05, 0.1) is 9.85 Å². The minimum atomic E-state index is -1.36. The molecule has 0 heterocycles. The third kappa shape index (κ3) is 4.89. The van der Waals surface area contributed by atoms with Crippen molar-refractivity contribution < 1.29 is 29.6 Å². The van der Waals surface area contributed by atoms with Crippen LogP contribution in [0.15, 0.2) is 36.4 Å². The topological polar surface area (TPSA) is 213 Å². The van der Waals surface area contributed by atoms with Crippen molar-refractivity contribution >= 4 is 34.7 Å². The first-order chi connectivity index (χ1) is 12.0. The molecule has 2 aromatic carbocycles. The summed E-state index contributed by atoms with van der Waals surface area (Å²) in [6, 6.07) is 6.81. The molecule has 26 heavy (non-hydrogen) atoms. The fourth-order valence-electron chi connectivity index (χ4n) is 1.77. The number of nitro groups is 2. The lowest BCUT2D eigenvalue weighted by Gasteiger charge is -1.98. The van der Waals surface area contributed by atoms with Crippen LogP contribution in [0.2, 0.25) is 0 Å². The molecule has 0 aromatic heterocycles. The number of carboxylic acids is 2. The second kappa shape index (κ2) is 8.05. The molecule has 6 N–H and O–H groups in total. The lowest BCUT2D eigenvalue weighted by molar-refractivity contribution is -0.385. The van der Waals surface area contributed by atoms with E-state index in [-0.39, 0.29) is 11.4 Å². The van der Waals surface area contributed by atoms with E-state index in [0.29, 0.717) is 0 Å². The first kappa shape index (κ1) is 19.8. The van der Waals surface area contributed by atoms with E-state index in [9.17, 15) is 29.8 Å². The maximum Gasteiger partial charge on any atom is 0.342 e. The van der Waals surface area contributed by atoms with Crippen molar-refractivity contribution in [1.82, 2.24) is 0 Å². The second-order valence-electron chi connectivity index (χ2n) is 4.68. The predicted molar refractivity (Wildman–Crippen MR) is 88.9 cm³/mol. The van der Waals surface area contributed by atoms with Crippen molar-refractivity contribution in [1.29, 1.82) is 0 Å². The third-order valence-electron chi connectivity index (χ3n) is 2.90. The van der Waals surface area contributed by atoms with Gasteiger partial charge in [-0.15, -0.1) is 0 Å². The quantitative estimate of drug-likeness (QED) is 0.350. The lowest BCUT2D eigenvalue weighted by Crippen LogP contribution is -2.03. The number of nitrogen functional groups attached to an aromatic ring is 2. The number of aromatic carboxylic acids is 2. The number of nitrogens with two attached hydrogens (primary N) is 2. The second-order valence-corrected chi connectivity index (χ2v) is 4.68. The summed E-state index contributed by atoms with van der Waals surface area (Å²) in [5.74, 6) is -2.72. The molecule has 0 saturated heterocycles. The molecule has 0 bridgehead atoms. The molecule has 136 valence electrons. The summed E-state index contributed by atoms with van der Waals surface area (Å²) in [5, 5.41) is 37.8. The van der Waals surface area contributed by atoms with E-state index >= 15 is 0 Å². The van der Waals surface area contributed by atoms with Crippen molar-refractivity contribution in [3.05, 3.63) is 67.8 Å². The van der Waals surface area contributed by atoms with Gasteiger partial charge >= 0.3 is 11.9 Å². The van der Waals surface area contributed by atoms with Crippen LogP contribution >= 0.6 is 0 Å². The highest BCUT2D eigenvalue weighted by molar-refractivity contribution is 5.94. The van der Waals surface area contributed by atoms with Crippen molar-refractivity contribution in [3.8, 4) is 0 Å². The van der Waals surface area contributed by atoms with Crippen LogP contribution in [0.1, 0.15) is 20.7 Å². The molecule has 0 radical (unpaired) electrons. The fraction of sp³-hybridized carbons (Fsp3) is 0. The van der Waals surface area contributed by atoms with Crippen LogP contribution in [-0.4, -0.2) is 32.0 Å². The van der Waals surface area contributed by atoms with E-state index < -0.39 is 44.3 Å². The lowest BCUT2D eigenvalue weighted by atomic mass is 10.1. The molecular formula is C14H12N4O8. The van der Waals surface area contributed by atoms with Crippen LogP contribution < -0.4 is 11.5 Å². The average molecular weight is 364 g/mol. The molecule has 0 atom stereocenters. The number of rotatable bonds is 4. The van der Waals surface area contributed by atoms with Crippen molar-refractivity contribution in [3.63, 3.8) is 0 Å². The molecule has 0 spiro atoms. The fourth-order valence-corrected chi connectivity index (χ4v) is 1.77. The van der Waals surface area contributed by atoms with E-state index in [4.69, 9.17) is 21.7 Å². The largest absolute Gasteiger partial charge is 0.477 e. The van der Waals surface area contributed by atoms with Gasteiger partial charge < -0.3 is 21.7 Å². The van der Waals surface area contributed by atoms with Crippen LogP contribution in [-0.2, 0) is 0 Å². The molecule has 0 fully saturated rings. The average Bonchev–Trinajstić information content (AvgIpc) is 2.54. The summed E-state index contributed by atoms with van der Waals surface area (Å²) >= 11 is 0. The summed E-state index contributed by atoms with van der Waals surface area (Å²) in [6.45, 7) is 0. The highest BCUT2D eigenvalue weighted by Gasteiger charge is 2.19. The van der Waals surface area contributed by atoms with Gasteiger partial charge in [0.25, 0.3) is 11.4 Å². The van der Waals surface area contributed by atoms with Gasteiger partial charge in [0.2, 0.25) is 0 Å². The Labute approximate surface area is 144 Å². The van der Waals surface area contributed by atoms with E-state index in [1.54, 1.807) is 0 Å². The predicted octanol–water partition coefficient (Wildman–Crippen LogP) is 1.75. The number of anilines is 2. The molecule has 0 unspecified atom stereocenters. The van der Waals surface area contributed by atoms with Gasteiger partial charge in [0.15, 0.2) is 0 Å². The number of hydrogen-bond donors (Lipinski definition) is 4. The van der Waals surface area contributed by atoms with E-state index in [1.165, 1.54) is 12.1 Å². The van der Waals surface area contributed by atoms with Gasteiger partial charge in [-0.1, -0.05) is 0 Å². The first-order valence-corrected chi connectivity index (χ1v) is 6.59. The number of carboxylic acid groups (broad SMARTS) is 2. The van der Waals surface area contributed by atoms with Gasteiger partial charge in [-0.05, 0) is 24.3 Å². The van der Waals surface area contributed by atoms with Gasteiger partial charge in [-0.3, -0.25) is 20.2 Å². The number of carbonyl (C=O) groups is 2. The maximum atomic E-state index is 10.5. The number of nitro benzene ring substituents is 2. The Morgan fingerprint density at radius 3 is 1.31 bits per heavy atom. The van der Waals surface area contributed by atoms with Gasteiger partial charge in [-0.2, -0.15) is 0 Å². The minimum absolute atomic E-state index is 0.183. The van der Waals surface area contributed by atoms with Crippen LogP contribution in [0.4, 0.5) is 22.7 Å².